The predicted molar refractivity (Wildman–Crippen MR) is 80.2 cm³/mol. The molecule has 0 saturated heterocycles. The average Bonchev–Trinajstić information content (AvgIpc) is 2.50. The molecule has 0 aromatic carbocycles. The number of carbonyl (C=O) groups is 1. The molecule has 0 spiro atoms. The monoisotopic (exact) mass is 284 g/mol. The summed E-state index contributed by atoms with van der Waals surface area (Å²) in [7, 11) is 1.60. The molecule has 0 bridgehead atoms. The molecule has 2 aromatic heterocycles. The standard InChI is InChI=1S/C13H15BN5O2/c1-14-12-10(15)7-18-19(13(12)21)8-11(20)17-6-9-2-4-16-5-3-9/h2-5,7H,6,8,15H2,1H3,(H,17,20). The van der Waals surface area contributed by atoms with Crippen LogP contribution >= 0.6 is 0 Å². The summed E-state index contributed by atoms with van der Waals surface area (Å²) in [6.07, 6.45) is 4.67. The zero-order valence-electron chi connectivity index (χ0n) is 11.6. The van der Waals surface area contributed by atoms with Gasteiger partial charge in [-0.05, 0) is 17.7 Å². The first-order valence-electron chi connectivity index (χ1n) is 6.42. The number of nitrogen functional groups attached to an aromatic ring is 1. The predicted octanol–water partition coefficient (Wildman–Crippen LogP) is -1.09. The van der Waals surface area contributed by atoms with Crippen molar-refractivity contribution in [2.24, 2.45) is 0 Å². The van der Waals surface area contributed by atoms with Gasteiger partial charge in [0.05, 0.1) is 11.9 Å². The Morgan fingerprint density at radius 1 is 1.43 bits per heavy atom. The highest BCUT2D eigenvalue weighted by atomic mass is 16.2. The Morgan fingerprint density at radius 3 is 2.81 bits per heavy atom. The topological polar surface area (TPSA) is 103 Å². The highest BCUT2D eigenvalue weighted by molar-refractivity contribution is 6.53. The zero-order chi connectivity index (χ0) is 15.2. The third kappa shape index (κ3) is 3.68. The molecule has 107 valence electrons. The third-order valence-electron chi connectivity index (χ3n) is 2.93. The first-order valence-corrected chi connectivity index (χ1v) is 6.42. The minimum absolute atomic E-state index is 0.148. The van der Waals surface area contributed by atoms with Gasteiger partial charge in [-0.25, -0.2) is 4.68 Å². The summed E-state index contributed by atoms with van der Waals surface area (Å²) in [5, 5.41) is 6.59. The van der Waals surface area contributed by atoms with Gasteiger partial charge in [0.1, 0.15) is 6.54 Å². The van der Waals surface area contributed by atoms with Crippen LogP contribution in [-0.4, -0.2) is 28.0 Å². The molecule has 2 aromatic rings. The van der Waals surface area contributed by atoms with E-state index in [4.69, 9.17) is 5.73 Å². The minimum Gasteiger partial charge on any atom is -0.398 e. The number of nitrogens with zero attached hydrogens (tertiary/aromatic N) is 3. The molecule has 2 rings (SSSR count). The lowest BCUT2D eigenvalue weighted by atomic mass is 9.73. The molecular weight excluding hydrogens is 269 g/mol. The van der Waals surface area contributed by atoms with Crippen molar-refractivity contribution in [1.82, 2.24) is 20.1 Å². The van der Waals surface area contributed by atoms with Crippen LogP contribution in [0.2, 0.25) is 6.82 Å². The van der Waals surface area contributed by atoms with E-state index in [0.717, 1.165) is 10.2 Å². The van der Waals surface area contributed by atoms with Crippen molar-refractivity contribution in [2.75, 3.05) is 5.73 Å². The smallest absolute Gasteiger partial charge is 0.262 e. The number of anilines is 1. The summed E-state index contributed by atoms with van der Waals surface area (Å²) in [5.41, 5.74) is 6.86. The van der Waals surface area contributed by atoms with Crippen LogP contribution in [0.25, 0.3) is 0 Å². The van der Waals surface area contributed by atoms with E-state index in [1.165, 1.54) is 6.20 Å². The Bertz CT molecular complexity index is 687. The lowest BCUT2D eigenvalue weighted by Crippen LogP contribution is -2.43. The number of amides is 1. The maximum absolute atomic E-state index is 12.0. The Hall–Kier alpha value is -2.64. The van der Waals surface area contributed by atoms with E-state index in [9.17, 15) is 9.59 Å². The number of rotatable bonds is 5. The average molecular weight is 284 g/mol. The number of aromatic nitrogens is 3. The van der Waals surface area contributed by atoms with Crippen LogP contribution in [0.5, 0.6) is 0 Å². The fraction of sp³-hybridized carbons (Fsp3) is 0.231. The molecule has 2 heterocycles. The fourth-order valence-corrected chi connectivity index (χ4v) is 1.81. The first-order chi connectivity index (χ1) is 10.1. The molecule has 8 heteroatoms. The summed E-state index contributed by atoms with van der Waals surface area (Å²) in [5.74, 6) is -0.298. The summed E-state index contributed by atoms with van der Waals surface area (Å²) >= 11 is 0. The van der Waals surface area contributed by atoms with Crippen LogP contribution in [0.15, 0.2) is 35.5 Å². The number of pyridine rings is 1. The summed E-state index contributed by atoms with van der Waals surface area (Å²) in [6, 6.07) is 3.61. The molecular formula is C13H15BN5O2. The van der Waals surface area contributed by atoms with Gasteiger partial charge in [0.25, 0.3) is 5.56 Å². The van der Waals surface area contributed by atoms with Crippen LogP contribution in [-0.2, 0) is 17.9 Å². The van der Waals surface area contributed by atoms with E-state index in [0.29, 0.717) is 17.7 Å². The normalized spacial score (nSPS) is 10.1. The number of hydrogen-bond donors (Lipinski definition) is 2. The first kappa shape index (κ1) is 14.8. The molecule has 0 unspecified atom stereocenters. The van der Waals surface area contributed by atoms with Gasteiger partial charge in [-0.2, -0.15) is 5.10 Å². The molecule has 3 N–H and O–H groups in total. The molecule has 0 atom stereocenters. The zero-order valence-corrected chi connectivity index (χ0v) is 11.6. The van der Waals surface area contributed by atoms with Gasteiger partial charge >= 0.3 is 0 Å². The second-order valence-corrected chi connectivity index (χ2v) is 4.40. The molecule has 7 nitrogen and oxygen atoms in total. The van der Waals surface area contributed by atoms with Crippen molar-refractivity contribution in [3.05, 3.63) is 46.6 Å². The molecule has 0 aliphatic rings. The number of carbonyl (C=O) groups excluding carboxylic acids is 1. The number of nitrogens with two attached hydrogens (primary N) is 1. The maximum atomic E-state index is 12.0. The van der Waals surface area contributed by atoms with E-state index in [1.54, 1.807) is 38.6 Å². The van der Waals surface area contributed by atoms with Gasteiger partial charge in [0, 0.05) is 24.4 Å². The van der Waals surface area contributed by atoms with Gasteiger partial charge in [0.2, 0.25) is 5.91 Å². The molecule has 1 radical (unpaired) electrons. The van der Waals surface area contributed by atoms with Gasteiger partial charge in [-0.3, -0.25) is 14.6 Å². The van der Waals surface area contributed by atoms with Crippen LogP contribution in [0, 0.1) is 0 Å². The van der Waals surface area contributed by atoms with E-state index in [1.807, 2.05) is 0 Å². The van der Waals surface area contributed by atoms with Gasteiger partial charge in [-0.15, -0.1) is 0 Å². The Labute approximate surface area is 122 Å². The van der Waals surface area contributed by atoms with Crippen molar-refractivity contribution in [3.8, 4) is 0 Å². The highest BCUT2D eigenvalue weighted by Crippen LogP contribution is 1.95. The van der Waals surface area contributed by atoms with Gasteiger partial charge < -0.3 is 11.1 Å². The minimum atomic E-state index is -0.378. The van der Waals surface area contributed by atoms with Crippen molar-refractivity contribution in [3.63, 3.8) is 0 Å². The molecule has 0 aliphatic heterocycles. The van der Waals surface area contributed by atoms with Crippen LogP contribution < -0.4 is 22.1 Å². The van der Waals surface area contributed by atoms with Crippen LogP contribution in [0.3, 0.4) is 0 Å². The van der Waals surface area contributed by atoms with Gasteiger partial charge in [-0.1, -0.05) is 6.82 Å². The largest absolute Gasteiger partial charge is 0.398 e. The van der Waals surface area contributed by atoms with Crippen molar-refractivity contribution in [2.45, 2.75) is 19.9 Å². The Balaban J connectivity index is 2.02. The molecule has 0 fully saturated rings. The summed E-state index contributed by atoms with van der Waals surface area (Å²) < 4.78 is 1.09. The quantitative estimate of drug-likeness (QED) is 0.679. The molecule has 0 aliphatic carbocycles. The van der Waals surface area contributed by atoms with E-state index >= 15 is 0 Å². The molecule has 21 heavy (non-hydrogen) atoms. The Kier molecular flexibility index (Phi) is 4.70. The molecule has 0 saturated carbocycles. The van der Waals surface area contributed by atoms with Gasteiger partial charge in [0.15, 0.2) is 7.28 Å². The van der Waals surface area contributed by atoms with Crippen LogP contribution in [0.4, 0.5) is 5.69 Å². The highest BCUT2D eigenvalue weighted by Gasteiger charge is 2.10. The summed E-state index contributed by atoms with van der Waals surface area (Å²) in [4.78, 5) is 27.8. The van der Waals surface area contributed by atoms with Crippen molar-refractivity contribution < 1.29 is 4.79 Å². The SMILES string of the molecule is C[B]c1c(N)cnn(CC(=O)NCc2ccncc2)c1=O. The van der Waals surface area contributed by atoms with E-state index in [-0.39, 0.29) is 18.0 Å². The molecule has 1 amide bonds. The number of nitrogens with one attached hydrogen (secondary N) is 1. The second-order valence-electron chi connectivity index (χ2n) is 4.40. The second kappa shape index (κ2) is 6.69. The Morgan fingerprint density at radius 2 is 2.14 bits per heavy atom. The van der Waals surface area contributed by atoms with Crippen molar-refractivity contribution >= 4 is 24.3 Å². The summed E-state index contributed by atoms with van der Waals surface area (Å²) in [6.45, 7) is 1.93. The van der Waals surface area contributed by atoms with E-state index < -0.39 is 0 Å². The lowest BCUT2D eigenvalue weighted by molar-refractivity contribution is -0.122. The fourth-order valence-electron chi connectivity index (χ4n) is 1.81. The maximum Gasteiger partial charge on any atom is 0.262 e. The van der Waals surface area contributed by atoms with E-state index in [2.05, 4.69) is 15.4 Å². The third-order valence-corrected chi connectivity index (χ3v) is 2.93. The van der Waals surface area contributed by atoms with Crippen molar-refractivity contribution in [1.29, 1.82) is 0 Å². The lowest BCUT2D eigenvalue weighted by Gasteiger charge is -2.09. The van der Waals surface area contributed by atoms with Crippen LogP contribution in [0.1, 0.15) is 5.56 Å². The number of hydrogen-bond acceptors (Lipinski definition) is 5.